The smallest absolute Gasteiger partial charge is 0.261 e. The lowest BCUT2D eigenvalue weighted by molar-refractivity contribution is 0.208. The lowest BCUT2D eigenvalue weighted by Crippen LogP contribution is -2.12. The van der Waals surface area contributed by atoms with Gasteiger partial charge < -0.3 is 4.74 Å². The molecule has 0 amide bonds. The molecule has 5 heteroatoms. The highest BCUT2D eigenvalue weighted by Gasteiger charge is 2.20. The molecule has 0 spiro atoms. The van der Waals surface area contributed by atoms with E-state index in [1.54, 1.807) is 13.0 Å². The predicted octanol–water partition coefficient (Wildman–Crippen LogP) is 3.55. The standard InChI is InChI=1S/C13H17ClO3S/c1-9-10(2)13(18(14,15)16)8-7-12(9)17-11-5-3-4-6-11/h7-8,11H,3-6H2,1-2H3. The molecule has 1 saturated carbocycles. The Hall–Kier alpha value is -0.740. The van der Waals surface area contributed by atoms with Crippen molar-refractivity contribution in [1.29, 1.82) is 0 Å². The fourth-order valence-electron chi connectivity index (χ4n) is 2.35. The fraction of sp³-hybridized carbons (Fsp3) is 0.538. The van der Waals surface area contributed by atoms with Crippen LogP contribution in [0.25, 0.3) is 0 Å². The van der Waals surface area contributed by atoms with Crippen molar-refractivity contribution >= 4 is 19.7 Å². The van der Waals surface area contributed by atoms with E-state index in [-0.39, 0.29) is 11.0 Å². The van der Waals surface area contributed by atoms with Crippen molar-refractivity contribution in [3.8, 4) is 5.75 Å². The van der Waals surface area contributed by atoms with Crippen LogP contribution in [0.4, 0.5) is 0 Å². The Kier molecular flexibility index (Phi) is 3.87. The predicted molar refractivity (Wildman–Crippen MR) is 71.8 cm³/mol. The van der Waals surface area contributed by atoms with Crippen molar-refractivity contribution in [3.63, 3.8) is 0 Å². The molecule has 1 aromatic carbocycles. The van der Waals surface area contributed by atoms with Crippen molar-refractivity contribution in [1.82, 2.24) is 0 Å². The van der Waals surface area contributed by atoms with Gasteiger partial charge in [0.05, 0.1) is 11.0 Å². The summed E-state index contributed by atoms with van der Waals surface area (Å²) in [7, 11) is 1.71. The Bertz CT molecular complexity index is 546. The lowest BCUT2D eigenvalue weighted by Gasteiger charge is -2.17. The topological polar surface area (TPSA) is 43.4 Å². The number of ether oxygens (including phenoxy) is 1. The molecule has 2 rings (SSSR count). The van der Waals surface area contributed by atoms with E-state index in [1.165, 1.54) is 18.9 Å². The molecule has 1 fully saturated rings. The molecule has 1 aliphatic carbocycles. The van der Waals surface area contributed by atoms with Crippen LogP contribution in [0.2, 0.25) is 0 Å². The first-order valence-corrected chi connectivity index (χ1v) is 8.42. The van der Waals surface area contributed by atoms with Gasteiger partial charge >= 0.3 is 0 Å². The summed E-state index contributed by atoms with van der Waals surface area (Å²) >= 11 is 0. The molecule has 18 heavy (non-hydrogen) atoms. The number of hydrogen-bond acceptors (Lipinski definition) is 3. The third-order valence-corrected chi connectivity index (χ3v) is 5.01. The van der Waals surface area contributed by atoms with Crippen LogP contribution in [0, 0.1) is 13.8 Å². The number of benzene rings is 1. The van der Waals surface area contributed by atoms with E-state index in [0.29, 0.717) is 5.56 Å². The first kappa shape index (κ1) is 13.7. The Balaban J connectivity index is 2.31. The fourth-order valence-corrected chi connectivity index (χ4v) is 3.60. The van der Waals surface area contributed by atoms with E-state index in [2.05, 4.69) is 0 Å². The molecule has 1 aromatic rings. The Morgan fingerprint density at radius 1 is 1.17 bits per heavy atom. The van der Waals surface area contributed by atoms with Crippen LogP contribution >= 0.6 is 10.7 Å². The summed E-state index contributed by atoms with van der Waals surface area (Å²) in [6.45, 7) is 3.62. The number of rotatable bonds is 3. The summed E-state index contributed by atoms with van der Waals surface area (Å²) < 4.78 is 28.7. The molecule has 3 nitrogen and oxygen atoms in total. The third kappa shape index (κ3) is 2.81. The largest absolute Gasteiger partial charge is 0.490 e. The van der Waals surface area contributed by atoms with E-state index in [4.69, 9.17) is 15.4 Å². The molecule has 0 radical (unpaired) electrons. The van der Waals surface area contributed by atoms with Gasteiger partial charge in [-0.05, 0) is 62.8 Å². The molecule has 0 aliphatic heterocycles. The first-order valence-electron chi connectivity index (χ1n) is 6.11. The highest BCUT2D eigenvalue weighted by atomic mass is 35.7. The van der Waals surface area contributed by atoms with Crippen molar-refractivity contribution < 1.29 is 13.2 Å². The molecular weight excluding hydrogens is 272 g/mol. The van der Waals surface area contributed by atoms with Crippen molar-refractivity contribution in [2.45, 2.75) is 50.5 Å². The maximum Gasteiger partial charge on any atom is 0.261 e. The van der Waals surface area contributed by atoms with Crippen LogP contribution in [0.15, 0.2) is 17.0 Å². The average molecular weight is 289 g/mol. The Morgan fingerprint density at radius 3 is 2.33 bits per heavy atom. The van der Waals surface area contributed by atoms with Crippen LogP contribution in [-0.4, -0.2) is 14.5 Å². The number of hydrogen-bond donors (Lipinski definition) is 0. The summed E-state index contributed by atoms with van der Waals surface area (Å²) in [4.78, 5) is 0.167. The maximum absolute atomic E-state index is 11.4. The Labute approximate surface area is 113 Å². The zero-order valence-corrected chi connectivity index (χ0v) is 12.1. The molecule has 0 atom stereocenters. The van der Waals surface area contributed by atoms with Crippen molar-refractivity contribution in [3.05, 3.63) is 23.3 Å². The van der Waals surface area contributed by atoms with E-state index in [1.807, 2.05) is 6.92 Å². The van der Waals surface area contributed by atoms with Crippen LogP contribution < -0.4 is 4.74 Å². The molecule has 0 bridgehead atoms. The second-order valence-corrected chi connectivity index (χ2v) is 7.31. The monoisotopic (exact) mass is 288 g/mol. The maximum atomic E-state index is 11.4. The van der Waals surface area contributed by atoms with Crippen LogP contribution in [0.1, 0.15) is 36.8 Å². The summed E-state index contributed by atoms with van der Waals surface area (Å²) in [5.74, 6) is 0.767. The highest BCUT2D eigenvalue weighted by Crippen LogP contribution is 2.31. The van der Waals surface area contributed by atoms with Crippen LogP contribution in [0.5, 0.6) is 5.75 Å². The second-order valence-electron chi connectivity index (χ2n) is 4.77. The SMILES string of the molecule is Cc1c(OC2CCCC2)ccc(S(=O)(=O)Cl)c1C. The van der Waals surface area contributed by atoms with Gasteiger partial charge in [0.2, 0.25) is 0 Å². The van der Waals surface area contributed by atoms with Gasteiger partial charge in [-0.1, -0.05) is 0 Å². The average Bonchev–Trinajstić information content (AvgIpc) is 2.76. The number of halogens is 1. The zero-order valence-electron chi connectivity index (χ0n) is 10.6. The molecule has 0 unspecified atom stereocenters. The molecule has 0 aromatic heterocycles. The minimum atomic E-state index is -3.68. The third-order valence-electron chi connectivity index (χ3n) is 3.55. The minimum absolute atomic E-state index is 0.167. The van der Waals surface area contributed by atoms with Gasteiger partial charge in [-0.2, -0.15) is 0 Å². The molecule has 100 valence electrons. The molecule has 1 aliphatic rings. The van der Waals surface area contributed by atoms with E-state index in [0.717, 1.165) is 24.2 Å². The van der Waals surface area contributed by atoms with Gasteiger partial charge in [-0.15, -0.1) is 0 Å². The summed E-state index contributed by atoms with van der Waals surface area (Å²) in [5.41, 5.74) is 1.52. The molecule has 0 saturated heterocycles. The molecule has 0 heterocycles. The van der Waals surface area contributed by atoms with E-state index in [9.17, 15) is 8.42 Å². The minimum Gasteiger partial charge on any atom is -0.490 e. The van der Waals surface area contributed by atoms with Crippen molar-refractivity contribution in [2.24, 2.45) is 0 Å². The van der Waals surface area contributed by atoms with Gasteiger partial charge in [0.25, 0.3) is 9.05 Å². The van der Waals surface area contributed by atoms with E-state index >= 15 is 0 Å². The van der Waals surface area contributed by atoms with Crippen LogP contribution in [-0.2, 0) is 9.05 Å². The Morgan fingerprint density at radius 2 is 1.78 bits per heavy atom. The lowest BCUT2D eigenvalue weighted by atomic mass is 10.1. The van der Waals surface area contributed by atoms with Gasteiger partial charge in [0.15, 0.2) is 0 Å². The van der Waals surface area contributed by atoms with Gasteiger partial charge in [-0.3, -0.25) is 0 Å². The highest BCUT2D eigenvalue weighted by molar-refractivity contribution is 8.13. The van der Waals surface area contributed by atoms with Gasteiger partial charge in [0, 0.05) is 10.7 Å². The normalized spacial score (nSPS) is 17.1. The molecular formula is C13H17ClO3S. The van der Waals surface area contributed by atoms with Gasteiger partial charge in [-0.25, -0.2) is 8.42 Å². The van der Waals surface area contributed by atoms with Crippen LogP contribution in [0.3, 0.4) is 0 Å². The summed E-state index contributed by atoms with van der Waals surface area (Å²) in [6.07, 6.45) is 4.83. The summed E-state index contributed by atoms with van der Waals surface area (Å²) in [5, 5.41) is 0. The van der Waals surface area contributed by atoms with Gasteiger partial charge in [0.1, 0.15) is 5.75 Å². The quantitative estimate of drug-likeness (QED) is 0.799. The molecule has 0 N–H and O–H groups in total. The van der Waals surface area contributed by atoms with Crippen molar-refractivity contribution in [2.75, 3.05) is 0 Å². The summed E-state index contributed by atoms with van der Waals surface area (Å²) in [6, 6.07) is 3.23. The van der Waals surface area contributed by atoms with E-state index < -0.39 is 9.05 Å². The second kappa shape index (κ2) is 5.10. The zero-order chi connectivity index (χ0) is 13.3. The first-order chi connectivity index (χ1) is 8.39.